The van der Waals surface area contributed by atoms with E-state index in [1.165, 1.54) is 17.0 Å². The molecule has 3 aromatic rings. The van der Waals surface area contributed by atoms with Gasteiger partial charge in [-0.3, -0.25) is 19.8 Å². The molecule has 4 rings (SSSR count). The van der Waals surface area contributed by atoms with Crippen molar-refractivity contribution in [3.05, 3.63) is 87.6 Å². The molecule has 10 heteroatoms. The minimum atomic E-state index is -4.60. The van der Waals surface area contributed by atoms with Crippen LogP contribution in [0.2, 0.25) is 0 Å². The van der Waals surface area contributed by atoms with Gasteiger partial charge in [-0.1, -0.05) is 42.1 Å². The molecule has 1 amide bonds. The number of rotatable bonds is 3. The van der Waals surface area contributed by atoms with Crippen LogP contribution in [0.5, 0.6) is 0 Å². The van der Waals surface area contributed by atoms with Crippen molar-refractivity contribution in [3.63, 3.8) is 0 Å². The van der Waals surface area contributed by atoms with Crippen LogP contribution in [-0.2, 0) is 12.7 Å². The van der Waals surface area contributed by atoms with Gasteiger partial charge in [0, 0.05) is 23.2 Å². The van der Waals surface area contributed by atoms with Gasteiger partial charge in [-0.05, 0) is 17.7 Å². The highest BCUT2D eigenvalue weighted by atomic mass is 32.2. The van der Waals surface area contributed by atoms with E-state index < -0.39 is 22.6 Å². The molecular weight excluding hydrogens is 419 g/mol. The predicted octanol–water partition coefficient (Wildman–Crippen LogP) is 5.32. The molecule has 1 aromatic heterocycles. The third kappa shape index (κ3) is 3.73. The fourth-order valence-electron chi connectivity index (χ4n) is 3.03. The number of carbonyl (C=O) groups excluding carboxylic acids is 1. The fourth-order valence-corrected chi connectivity index (χ4v) is 4.10. The van der Waals surface area contributed by atoms with E-state index in [0.29, 0.717) is 11.1 Å². The monoisotopic (exact) mass is 431 g/mol. The van der Waals surface area contributed by atoms with Crippen molar-refractivity contribution < 1.29 is 22.9 Å². The van der Waals surface area contributed by atoms with Gasteiger partial charge in [0.05, 0.1) is 27.5 Å². The summed E-state index contributed by atoms with van der Waals surface area (Å²) < 4.78 is 39.6. The number of aromatic nitrogens is 1. The maximum absolute atomic E-state index is 13.3. The zero-order valence-electron chi connectivity index (χ0n) is 15.1. The number of nitro benzene ring substituents is 1. The summed E-state index contributed by atoms with van der Waals surface area (Å²) >= 11 is 0.924. The largest absolute Gasteiger partial charge is 0.417 e. The Morgan fingerprint density at radius 3 is 2.47 bits per heavy atom. The average Bonchev–Trinajstić information content (AvgIpc) is 2.82. The van der Waals surface area contributed by atoms with Crippen molar-refractivity contribution in [3.8, 4) is 0 Å². The summed E-state index contributed by atoms with van der Waals surface area (Å²) in [6.07, 6.45) is -3.91. The van der Waals surface area contributed by atoms with Gasteiger partial charge in [-0.25, -0.2) is 4.98 Å². The number of non-ortho nitro benzene ring substituents is 1. The smallest absolute Gasteiger partial charge is 0.287 e. The van der Waals surface area contributed by atoms with Crippen LogP contribution in [0.25, 0.3) is 0 Å². The number of pyridine rings is 1. The summed E-state index contributed by atoms with van der Waals surface area (Å²) in [5, 5.41) is 11.2. The van der Waals surface area contributed by atoms with Crippen molar-refractivity contribution >= 4 is 29.2 Å². The maximum atomic E-state index is 13.3. The van der Waals surface area contributed by atoms with Crippen LogP contribution in [0.3, 0.4) is 0 Å². The molecule has 1 aliphatic heterocycles. The van der Waals surface area contributed by atoms with Gasteiger partial charge >= 0.3 is 6.18 Å². The van der Waals surface area contributed by atoms with Gasteiger partial charge in [0.1, 0.15) is 5.82 Å². The van der Waals surface area contributed by atoms with E-state index in [9.17, 15) is 28.1 Å². The molecule has 0 saturated carbocycles. The van der Waals surface area contributed by atoms with E-state index in [1.54, 1.807) is 30.3 Å². The molecule has 0 atom stereocenters. The number of hydrogen-bond donors (Lipinski definition) is 0. The molecule has 152 valence electrons. The Labute approximate surface area is 172 Å². The summed E-state index contributed by atoms with van der Waals surface area (Å²) in [7, 11) is 0. The highest BCUT2D eigenvalue weighted by Crippen LogP contribution is 2.43. The number of hydrogen-bond acceptors (Lipinski definition) is 5. The SMILES string of the molecule is O=C1c2cc([N+](=O)[O-])ccc2Sc2cc(C(F)(F)F)cnc2N1Cc1ccccc1. The molecule has 0 bridgehead atoms. The van der Waals surface area contributed by atoms with Gasteiger partial charge in [0.25, 0.3) is 11.6 Å². The molecule has 0 saturated heterocycles. The molecule has 0 unspecified atom stereocenters. The Bertz CT molecular complexity index is 1150. The van der Waals surface area contributed by atoms with Crippen LogP contribution >= 0.6 is 11.8 Å². The van der Waals surface area contributed by atoms with E-state index in [1.807, 2.05) is 0 Å². The van der Waals surface area contributed by atoms with Crippen LogP contribution in [0.4, 0.5) is 24.7 Å². The lowest BCUT2D eigenvalue weighted by Crippen LogP contribution is -2.31. The topological polar surface area (TPSA) is 76.3 Å². The Balaban J connectivity index is 1.88. The van der Waals surface area contributed by atoms with Gasteiger partial charge < -0.3 is 0 Å². The number of anilines is 1. The summed E-state index contributed by atoms with van der Waals surface area (Å²) in [5.41, 5.74) is -0.447. The highest BCUT2D eigenvalue weighted by Gasteiger charge is 2.35. The van der Waals surface area contributed by atoms with Crippen molar-refractivity contribution in [2.24, 2.45) is 0 Å². The number of benzene rings is 2. The maximum Gasteiger partial charge on any atom is 0.417 e. The van der Waals surface area contributed by atoms with Gasteiger partial charge in [0.15, 0.2) is 0 Å². The van der Waals surface area contributed by atoms with Crippen molar-refractivity contribution in [1.82, 2.24) is 4.98 Å². The van der Waals surface area contributed by atoms with Crippen molar-refractivity contribution in [1.29, 1.82) is 0 Å². The molecule has 30 heavy (non-hydrogen) atoms. The van der Waals surface area contributed by atoms with E-state index in [-0.39, 0.29) is 28.5 Å². The zero-order chi connectivity index (χ0) is 21.5. The number of nitro groups is 1. The second-order valence-electron chi connectivity index (χ2n) is 6.46. The first-order valence-electron chi connectivity index (χ1n) is 8.63. The zero-order valence-corrected chi connectivity index (χ0v) is 15.9. The molecular formula is C20H12F3N3O3S. The molecule has 1 aliphatic rings. The average molecular weight is 431 g/mol. The molecule has 0 radical (unpaired) electrons. The Morgan fingerprint density at radius 1 is 1.07 bits per heavy atom. The van der Waals surface area contributed by atoms with Crippen LogP contribution in [0.15, 0.2) is 70.6 Å². The molecule has 0 N–H and O–H groups in total. The number of carbonyl (C=O) groups is 1. The fraction of sp³-hybridized carbons (Fsp3) is 0.100. The molecule has 0 spiro atoms. The van der Waals surface area contributed by atoms with E-state index in [4.69, 9.17) is 0 Å². The van der Waals surface area contributed by atoms with Crippen LogP contribution in [-0.4, -0.2) is 15.8 Å². The predicted molar refractivity (Wildman–Crippen MR) is 103 cm³/mol. The lowest BCUT2D eigenvalue weighted by Gasteiger charge is -2.22. The Hall–Kier alpha value is -3.40. The van der Waals surface area contributed by atoms with E-state index >= 15 is 0 Å². The first kappa shape index (κ1) is 19.9. The minimum absolute atomic E-state index is 0.0386. The normalized spacial score (nSPS) is 13.4. The Morgan fingerprint density at radius 2 is 1.80 bits per heavy atom. The van der Waals surface area contributed by atoms with Crippen LogP contribution in [0.1, 0.15) is 21.5 Å². The van der Waals surface area contributed by atoms with Gasteiger partial charge in [0.2, 0.25) is 0 Å². The molecule has 2 heterocycles. The lowest BCUT2D eigenvalue weighted by atomic mass is 10.1. The minimum Gasteiger partial charge on any atom is -0.287 e. The van der Waals surface area contributed by atoms with Gasteiger partial charge in [-0.2, -0.15) is 13.2 Å². The van der Waals surface area contributed by atoms with Crippen molar-refractivity contribution in [2.75, 3.05) is 4.90 Å². The molecule has 0 aliphatic carbocycles. The summed E-state index contributed by atoms with van der Waals surface area (Å²) in [6.45, 7) is 0.0493. The number of halogens is 3. The highest BCUT2D eigenvalue weighted by molar-refractivity contribution is 7.99. The number of alkyl halides is 3. The van der Waals surface area contributed by atoms with Crippen LogP contribution < -0.4 is 4.90 Å². The third-order valence-electron chi connectivity index (χ3n) is 4.47. The van der Waals surface area contributed by atoms with Crippen molar-refractivity contribution in [2.45, 2.75) is 22.5 Å². The quantitative estimate of drug-likeness (QED) is 0.414. The lowest BCUT2D eigenvalue weighted by molar-refractivity contribution is -0.384. The first-order valence-corrected chi connectivity index (χ1v) is 9.45. The van der Waals surface area contributed by atoms with E-state index in [0.717, 1.165) is 29.5 Å². The van der Waals surface area contributed by atoms with Gasteiger partial charge in [-0.15, -0.1) is 0 Å². The second-order valence-corrected chi connectivity index (χ2v) is 7.54. The molecule has 2 aromatic carbocycles. The summed E-state index contributed by atoms with van der Waals surface area (Å²) in [5.74, 6) is -0.503. The first-order chi connectivity index (χ1) is 14.2. The molecule has 0 fully saturated rings. The molecule has 6 nitrogen and oxygen atoms in total. The third-order valence-corrected chi connectivity index (χ3v) is 5.57. The number of amides is 1. The number of nitrogens with zero attached hydrogens (tertiary/aromatic N) is 3. The summed E-state index contributed by atoms with van der Waals surface area (Å²) in [4.78, 5) is 29.5. The second kappa shape index (κ2) is 7.45. The van der Waals surface area contributed by atoms with Crippen LogP contribution in [0, 0.1) is 10.1 Å². The van der Waals surface area contributed by atoms with E-state index in [2.05, 4.69) is 4.98 Å². The standard InChI is InChI=1S/C20H12F3N3O3S/c21-20(22,23)13-8-17-18(24-10-13)25(11-12-4-2-1-3-5-12)19(27)15-9-14(26(28)29)6-7-16(15)30-17/h1-10H,11H2. The Kier molecular flexibility index (Phi) is 4.94. The number of fused-ring (bicyclic) bond motifs is 2. The summed E-state index contributed by atoms with van der Waals surface area (Å²) in [6, 6.07) is 13.5.